The van der Waals surface area contributed by atoms with Gasteiger partial charge in [-0.3, -0.25) is 4.79 Å². The van der Waals surface area contributed by atoms with Gasteiger partial charge in [-0.25, -0.2) is 0 Å². The Morgan fingerprint density at radius 1 is 1.38 bits per heavy atom. The van der Waals surface area contributed by atoms with Crippen LogP contribution in [0.2, 0.25) is 18.1 Å². The molecule has 0 amide bonds. The van der Waals surface area contributed by atoms with E-state index < -0.39 is 8.32 Å². The second-order valence-electron chi connectivity index (χ2n) is 6.26. The van der Waals surface area contributed by atoms with E-state index in [1.165, 1.54) is 0 Å². The maximum Gasteiger partial charge on any atom is 0.192 e. The number of Topliss-reactive ketones (excluding diaryl/α,β-unsaturated/α-hetero) is 1. The summed E-state index contributed by atoms with van der Waals surface area (Å²) in [6.07, 6.45) is 3.14. The zero-order valence-corrected chi connectivity index (χ0v) is 12.2. The molecule has 1 aliphatic rings. The minimum absolute atomic E-state index is 0.0749. The molecule has 1 fully saturated rings. The van der Waals surface area contributed by atoms with E-state index in [9.17, 15) is 4.79 Å². The van der Waals surface area contributed by atoms with Crippen LogP contribution in [-0.2, 0) is 9.22 Å². The van der Waals surface area contributed by atoms with Crippen LogP contribution in [0.4, 0.5) is 0 Å². The predicted octanol–water partition coefficient (Wildman–Crippen LogP) is 3.54. The lowest BCUT2D eigenvalue weighted by atomic mass is 10.1. The van der Waals surface area contributed by atoms with Crippen LogP contribution < -0.4 is 0 Å². The fraction of sp³-hybridized carbons (Fsp3) is 0.769. The fourth-order valence-electron chi connectivity index (χ4n) is 1.77. The number of rotatable bonds is 3. The summed E-state index contributed by atoms with van der Waals surface area (Å²) in [5, 5.41) is 0.199. The highest BCUT2D eigenvalue weighted by molar-refractivity contribution is 6.74. The highest BCUT2D eigenvalue weighted by Crippen LogP contribution is 2.40. The first kappa shape index (κ1) is 13.7. The molecule has 16 heavy (non-hydrogen) atoms. The first-order valence-corrected chi connectivity index (χ1v) is 8.90. The third kappa shape index (κ3) is 2.83. The molecule has 2 nitrogen and oxygen atoms in total. The lowest BCUT2D eigenvalue weighted by Crippen LogP contribution is -2.44. The molecule has 0 aromatic heterocycles. The van der Waals surface area contributed by atoms with Gasteiger partial charge in [0, 0.05) is 18.8 Å². The number of ketones is 1. The summed E-state index contributed by atoms with van der Waals surface area (Å²) < 4.78 is 6.28. The lowest BCUT2D eigenvalue weighted by molar-refractivity contribution is -0.117. The predicted molar refractivity (Wildman–Crippen MR) is 70.0 cm³/mol. The van der Waals surface area contributed by atoms with Crippen LogP contribution in [0.25, 0.3) is 0 Å². The Kier molecular flexibility index (Phi) is 3.80. The Morgan fingerprint density at radius 3 is 2.38 bits per heavy atom. The van der Waals surface area contributed by atoms with E-state index in [1.54, 1.807) is 0 Å². The van der Waals surface area contributed by atoms with E-state index in [4.69, 9.17) is 4.43 Å². The maximum absolute atomic E-state index is 11.4. The van der Waals surface area contributed by atoms with Gasteiger partial charge in [-0.1, -0.05) is 26.8 Å². The molecule has 1 saturated carbocycles. The molecule has 0 saturated heterocycles. The van der Waals surface area contributed by atoms with Crippen LogP contribution in [0.15, 0.2) is 12.7 Å². The van der Waals surface area contributed by atoms with Gasteiger partial charge in [-0.05, 0) is 18.1 Å². The van der Waals surface area contributed by atoms with Gasteiger partial charge in [0.1, 0.15) is 5.78 Å². The topological polar surface area (TPSA) is 26.3 Å². The van der Waals surface area contributed by atoms with Gasteiger partial charge in [0.05, 0.1) is 6.10 Å². The zero-order valence-electron chi connectivity index (χ0n) is 11.2. The second kappa shape index (κ2) is 4.45. The van der Waals surface area contributed by atoms with Gasteiger partial charge in [0.15, 0.2) is 8.32 Å². The summed E-state index contributed by atoms with van der Waals surface area (Å²) in [7, 11) is -1.76. The van der Waals surface area contributed by atoms with Crippen LogP contribution in [0.1, 0.15) is 33.6 Å². The van der Waals surface area contributed by atoms with Crippen molar-refractivity contribution in [3.8, 4) is 0 Å². The van der Waals surface area contributed by atoms with Crippen LogP contribution in [0, 0.1) is 5.92 Å². The summed E-state index contributed by atoms with van der Waals surface area (Å²) in [6.45, 7) is 14.9. The third-order valence-electron chi connectivity index (χ3n) is 3.92. The molecule has 0 aromatic carbocycles. The van der Waals surface area contributed by atoms with Crippen molar-refractivity contribution in [1.82, 2.24) is 0 Å². The summed E-state index contributed by atoms with van der Waals surface area (Å²) in [5.74, 6) is 0.537. The normalized spacial score (nSPS) is 27.2. The molecule has 1 rings (SSSR count). The van der Waals surface area contributed by atoms with Crippen LogP contribution in [-0.4, -0.2) is 20.2 Å². The number of hydrogen-bond donors (Lipinski definition) is 0. The molecule has 0 aliphatic heterocycles. The summed E-state index contributed by atoms with van der Waals surface area (Å²) >= 11 is 0. The third-order valence-corrected chi connectivity index (χ3v) is 8.43. The molecule has 0 spiro atoms. The van der Waals surface area contributed by atoms with Crippen molar-refractivity contribution < 1.29 is 9.22 Å². The monoisotopic (exact) mass is 240 g/mol. The molecule has 2 atom stereocenters. The molecule has 3 heteroatoms. The average molecular weight is 240 g/mol. The molecule has 0 radical (unpaired) electrons. The fourth-order valence-corrected chi connectivity index (χ4v) is 3.14. The lowest BCUT2D eigenvalue weighted by Gasteiger charge is -2.39. The molecular formula is C13H24O2Si. The highest BCUT2D eigenvalue weighted by atomic mass is 28.4. The summed E-state index contributed by atoms with van der Waals surface area (Å²) in [5.41, 5.74) is 0. The first-order chi connectivity index (χ1) is 7.17. The van der Waals surface area contributed by atoms with Gasteiger partial charge in [0.2, 0.25) is 0 Å². The minimum atomic E-state index is -1.76. The quantitative estimate of drug-likeness (QED) is 0.557. The molecule has 0 N–H and O–H groups in total. The molecule has 0 aromatic rings. The maximum atomic E-state index is 11.4. The van der Waals surface area contributed by atoms with Gasteiger partial charge in [-0.2, -0.15) is 0 Å². The van der Waals surface area contributed by atoms with Crippen LogP contribution in [0.5, 0.6) is 0 Å². The average Bonchev–Trinajstić information content (AvgIpc) is 2.43. The van der Waals surface area contributed by atoms with Gasteiger partial charge in [0.25, 0.3) is 0 Å². The van der Waals surface area contributed by atoms with Gasteiger partial charge in [-0.15, -0.1) is 6.58 Å². The minimum Gasteiger partial charge on any atom is -0.413 e. The second-order valence-corrected chi connectivity index (χ2v) is 11.0. The van der Waals surface area contributed by atoms with Gasteiger partial charge < -0.3 is 4.43 Å². The Labute approximate surface area is 100 Å². The zero-order chi connectivity index (χ0) is 12.6. The van der Waals surface area contributed by atoms with Crippen molar-refractivity contribution >= 4 is 14.1 Å². The Hall–Kier alpha value is -0.413. The van der Waals surface area contributed by atoms with E-state index in [-0.39, 0.29) is 17.1 Å². The van der Waals surface area contributed by atoms with E-state index >= 15 is 0 Å². The van der Waals surface area contributed by atoms with E-state index in [0.29, 0.717) is 18.6 Å². The SMILES string of the molecule is C=C[C@H]1CC(=O)CC1O[Si](C)(C)C(C)(C)C. The Morgan fingerprint density at radius 2 is 1.94 bits per heavy atom. The van der Waals surface area contributed by atoms with E-state index in [0.717, 1.165) is 0 Å². The summed E-state index contributed by atoms with van der Waals surface area (Å²) in [6, 6.07) is 0. The first-order valence-electron chi connectivity index (χ1n) is 5.99. The van der Waals surface area contributed by atoms with Crippen molar-refractivity contribution in [3.63, 3.8) is 0 Å². The highest BCUT2D eigenvalue weighted by Gasteiger charge is 2.42. The molecule has 1 unspecified atom stereocenters. The largest absolute Gasteiger partial charge is 0.413 e. The Bertz CT molecular complexity index is 289. The number of carbonyl (C=O) groups excluding carboxylic acids is 1. The van der Waals surface area contributed by atoms with Crippen molar-refractivity contribution in [2.45, 2.75) is 57.8 Å². The van der Waals surface area contributed by atoms with Crippen LogP contribution >= 0.6 is 0 Å². The van der Waals surface area contributed by atoms with E-state index in [2.05, 4.69) is 40.4 Å². The standard InChI is InChI=1S/C13H24O2Si/c1-7-10-8-11(14)9-12(10)15-16(5,6)13(2,3)4/h7,10,12H,1,8-9H2,2-6H3/t10-,12?/m0/s1. The smallest absolute Gasteiger partial charge is 0.192 e. The molecular weight excluding hydrogens is 216 g/mol. The van der Waals surface area contributed by atoms with E-state index in [1.807, 2.05) is 6.08 Å². The molecule has 92 valence electrons. The van der Waals surface area contributed by atoms with Crippen molar-refractivity contribution in [1.29, 1.82) is 0 Å². The molecule has 1 aliphatic carbocycles. The Balaban J connectivity index is 2.74. The van der Waals surface area contributed by atoms with Crippen molar-refractivity contribution in [2.75, 3.05) is 0 Å². The van der Waals surface area contributed by atoms with Gasteiger partial charge >= 0.3 is 0 Å². The van der Waals surface area contributed by atoms with Crippen LogP contribution in [0.3, 0.4) is 0 Å². The summed E-state index contributed by atoms with van der Waals surface area (Å²) in [4.78, 5) is 11.4. The number of carbonyl (C=O) groups is 1. The van der Waals surface area contributed by atoms with Crippen molar-refractivity contribution in [3.05, 3.63) is 12.7 Å². The number of hydrogen-bond acceptors (Lipinski definition) is 2. The molecule has 0 bridgehead atoms. The molecule has 0 heterocycles. The van der Waals surface area contributed by atoms with Crippen molar-refractivity contribution in [2.24, 2.45) is 5.92 Å².